The number of benzene rings is 2. The van der Waals surface area contributed by atoms with Gasteiger partial charge < -0.3 is 14.8 Å². The van der Waals surface area contributed by atoms with Crippen LogP contribution in [0.3, 0.4) is 0 Å². The summed E-state index contributed by atoms with van der Waals surface area (Å²) < 4.78 is 16.9. The molecule has 0 bridgehead atoms. The van der Waals surface area contributed by atoms with Crippen LogP contribution in [0.1, 0.15) is 28.8 Å². The summed E-state index contributed by atoms with van der Waals surface area (Å²) in [5.41, 5.74) is 2.60. The summed E-state index contributed by atoms with van der Waals surface area (Å²) in [6, 6.07) is 15.1. The van der Waals surface area contributed by atoms with Gasteiger partial charge in [-0.3, -0.25) is 9.59 Å². The van der Waals surface area contributed by atoms with Crippen LogP contribution in [-0.2, 0) is 4.79 Å². The maximum atomic E-state index is 13.7. The quantitative estimate of drug-likeness (QED) is 0.402. The number of carbonyl (C=O) groups is 2. The van der Waals surface area contributed by atoms with Crippen LogP contribution in [0.4, 0.5) is 10.1 Å². The van der Waals surface area contributed by atoms with Crippen molar-refractivity contribution in [2.45, 2.75) is 19.8 Å². The molecule has 1 fully saturated rings. The van der Waals surface area contributed by atoms with Crippen molar-refractivity contribution < 1.29 is 14.0 Å². The van der Waals surface area contributed by atoms with Gasteiger partial charge in [-0.2, -0.15) is 5.10 Å². The second-order valence-electron chi connectivity index (χ2n) is 8.92. The molecule has 4 aromatic rings. The Hall–Kier alpha value is -3.91. The fraction of sp³-hybridized carbons (Fsp3) is 0.222. The van der Waals surface area contributed by atoms with Crippen LogP contribution >= 0.6 is 11.6 Å². The monoisotopic (exact) mass is 505 g/mol. The largest absolute Gasteiger partial charge is 0.338 e. The number of halogens is 2. The molecule has 2 amide bonds. The highest BCUT2D eigenvalue weighted by molar-refractivity contribution is 6.33. The first kappa shape index (κ1) is 23.8. The van der Waals surface area contributed by atoms with Crippen LogP contribution in [-0.4, -0.2) is 44.2 Å². The molecule has 5 rings (SSSR count). The average Bonchev–Trinajstić information content (AvgIpc) is 3.56. The van der Waals surface area contributed by atoms with Crippen LogP contribution in [0, 0.1) is 18.7 Å². The molecule has 1 atom stereocenters. The van der Waals surface area contributed by atoms with Crippen LogP contribution < -0.4 is 5.32 Å². The number of anilines is 1. The number of likely N-dealkylation sites (tertiary alicyclic amines) is 1. The van der Waals surface area contributed by atoms with Crippen molar-refractivity contribution in [2.75, 3.05) is 18.4 Å². The molecule has 0 saturated carbocycles. The van der Waals surface area contributed by atoms with Crippen LogP contribution in [0.5, 0.6) is 0 Å². The van der Waals surface area contributed by atoms with Gasteiger partial charge in [0.15, 0.2) is 5.82 Å². The minimum Gasteiger partial charge on any atom is -0.338 e. The molecule has 0 spiro atoms. The number of rotatable bonds is 5. The highest BCUT2D eigenvalue weighted by atomic mass is 35.5. The Kier molecular flexibility index (Phi) is 6.61. The van der Waals surface area contributed by atoms with E-state index in [1.54, 1.807) is 38.4 Å². The van der Waals surface area contributed by atoms with Gasteiger partial charge in [-0.1, -0.05) is 17.7 Å². The van der Waals surface area contributed by atoms with Gasteiger partial charge in [-0.15, -0.1) is 0 Å². The van der Waals surface area contributed by atoms with E-state index in [1.165, 1.54) is 18.3 Å². The first-order valence-electron chi connectivity index (χ1n) is 11.7. The van der Waals surface area contributed by atoms with Gasteiger partial charge in [0.2, 0.25) is 5.91 Å². The van der Waals surface area contributed by atoms with E-state index in [-0.39, 0.29) is 23.5 Å². The molecular formula is C27H25ClFN5O2. The lowest BCUT2D eigenvalue weighted by Gasteiger charge is -2.32. The lowest BCUT2D eigenvalue weighted by molar-refractivity contribution is -0.121. The topological polar surface area (TPSA) is 72.2 Å². The van der Waals surface area contributed by atoms with Crippen molar-refractivity contribution in [2.24, 2.45) is 5.92 Å². The third-order valence-corrected chi connectivity index (χ3v) is 6.67. The molecule has 2 aromatic heterocycles. The van der Waals surface area contributed by atoms with Crippen LogP contribution in [0.25, 0.3) is 11.5 Å². The van der Waals surface area contributed by atoms with E-state index in [0.29, 0.717) is 53.7 Å². The maximum Gasteiger partial charge on any atom is 0.259 e. The number of carbonyl (C=O) groups excluding carboxylic acids is 2. The smallest absolute Gasteiger partial charge is 0.259 e. The lowest BCUT2D eigenvalue weighted by Crippen LogP contribution is -2.44. The number of amides is 2. The van der Waals surface area contributed by atoms with Crippen molar-refractivity contribution in [3.05, 3.63) is 95.2 Å². The number of nitrogens with zero attached hydrogens (tertiary/aromatic N) is 4. The Balaban J connectivity index is 1.39. The molecule has 7 nitrogen and oxygen atoms in total. The molecule has 0 unspecified atom stereocenters. The molecule has 1 saturated heterocycles. The first-order valence-corrected chi connectivity index (χ1v) is 12.1. The van der Waals surface area contributed by atoms with Gasteiger partial charge in [0, 0.05) is 25.5 Å². The van der Waals surface area contributed by atoms with Gasteiger partial charge in [0.25, 0.3) is 5.91 Å². The van der Waals surface area contributed by atoms with E-state index >= 15 is 0 Å². The molecule has 2 aromatic carbocycles. The zero-order valence-electron chi connectivity index (χ0n) is 19.7. The number of aryl methyl sites for hydroxylation is 1. The molecule has 3 heterocycles. The van der Waals surface area contributed by atoms with E-state index < -0.39 is 0 Å². The minimum atomic E-state index is -0.359. The second-order valence-corrected chi connectivity index (χ2v) is 9.33. The van der Waals surface area contributed by atoms with E-state index in [0.717, 1.165) is 5.56 Å². The van der Waals surface area contributed by atoms with Crippen LogP contribution in [0.2, 0.25) is 5.02 Å². The summed E-state index contributed by atoms with van der Waals surface area (Å²) in [5.74, 6) is -0.532. The maximum absolute atomic E-state index is 13.7. The van der Waals surface area contributed by atoms with E-state index in [4.69, 9.17) is 11.6 Å². The van der Waals surface area contributed by atoms with E-state index in [9.17, 15) is 14.0 Å². The predicted octanol–water partition coefficient (Wildman–Crippen LogP) is 5.25. The standard InChI is InChI=1S/C27H25ClFN5O2/c1-18-6-11-24(23(28)15-18)31-25(35)19-5-4-14-33(17-19)27(36)22-16-30-34(21-9-7-20(29)8-10-21)26(22)32-12-2-3-13-32/h2-3,6-13,15-16,19H,4-5,14,17H2,1H3,(H,31,35)/t19-/m0/s1. The third-order valence-electron chi connectivity index (χ3n) is 6.36. The predicted molar refractivity (Wildman–Crippen MR) is 136 cm³/mol. The lowest BCUT2D eigenvalue weighted by atomic mass is 9.96. The van der Waals surface area contributed by atoms with Crippen molar-refractivity contribution in [3.63, 3.8) is 0 Å². The normalized spacial score (nSPS) is 15.6. The van der Waals surface area contributed by atoms with Gasteiger partial charge in [0.1, 0.15) is 11.4 Å². The van der Waals surface area contributed by atoms with E-state index in [1.807, 2.05) is 37.5 Å². The fourth-order valence-corrected chi connectivity index (χ4v) is 4.77. The summed E-state index contributed by atoms with van der Waals surface area (Å²) in [6.45, 7) is 2.77. The van der Waals surface area contributed by atoms with Crippen molar-refractivity contribution in [1.29, 1.82) is 0 Å². The van der Waals surface area contributed by atoms with Crippen molar-refractivity contribution >= 4 is 29.1 Å². The van der Waals surface area contributed by atoms with Crippen LogP contribution in [0.15, 0.2) is 73.2 Å². The Morgan fingerprint density at radius 2 is 1.86 bits per heavy atom. The Morgan fingerprint density at radius 1 is 1.11 bits per heavy atom. The highest BCUT2D eigenvalue weighted by Crippen LogP contribution is 2.27. The number of hydrogen-bond acceptors (Lipinski definition) is 3. The summed E-state index contributed by atoms with van der Waals surface area (Å²) in [5, 5.41) is 7.84. The molecule has 9 heteroatoms. The molecule has 1 aliphatic rings. The summed E-state index contributed by atoms with van der Waals surface area (Å²) >= 11 is 6.29. The third kappa shape index (κ3) is 4.77. The summed E-state index contributed by atoms with van der Waals surface area (Å²) in [6.07, 6.45) is 6.56. The van der Waals surface area contributed by atoms with Gasteiger partial charge >= 0.3 is 0 Å². The molecule has 0 aliphatic carbocycles. The van der Waals surface area contributed by atoms with Gasteiger partial charge in [-0.25, -0.2) is 9.07 Å². The molecule has 0 radical (unpaired) electrons. The number of aromatic nitrogens is 3. The zero-order valence-corrected chi connectivity index (χ0v) is 20.5. The Labute approximate surface area is 213 Å². The Bertz CT molecular complexity index is 1400. The van der Waals surface area contributed by atoms with Gasteiger partial charge in [0.05, 0.1) is 28.5 Å². The zero-order chi connectivity index (χ0) is 25.2. The summed E-state index contributed by atoms with van der Waals surface area (Å²) in [4.78, 5) is 28.4. The minimum absolute atomic E-state index is 0.161. The number of piperidine rings is 1. The molecule has 36 heavy (non-hydrogen) atoms. The number of nitrogens with one attached hydrogen (secondary N) is 1. The molecule has 1 aliphatic heterocycles. The molecule has 184 valence electrons. The first-order chi connectivity index (χ1) is 17.4. The van der Waals surface area contributed by atoms with Gasteiger partial charge in [-0.05, 0) is 73.9 Å². The Morgan fingerprint density at radius 3 is 2.58 bits per heavy atom. The van der Waals surface area contributed by atoms with E-state index in [2.05, 4.69) is 10.4 Å². The van der Waals surface area contributed by atoms with Crippen molar-refractivity contribution in [3.8, 4) is 11.5 Å². The number of hydrogen-bond donors (Lipinski definition) is 1. The van der Waals surface area contributed by atoms with Crippen molar-refractivity contribution in [1.82, 2.24) is 19.2 Å². The SMILES string of the molecule is Cc1ccc(NC(=O)[C@H]2CCCN(C(=O)c3cnn(-c4ccc(F)cc4)c3-n3cccc3)C2)c(Cl)c1. The second kappa shape index (κ2) is 9.99. The molecule has 1 N–H and O–H groups in total. The average molecular weight is 506 g/mol. The summed E-state index contributed by atoms with van der Waals surface area (Å²) in [7, 11) is 0. The fourth-order valence-electron chi connectivity index (χ4n) is 4.49. The molecular weight excluding hydrogens is 481 g/mol. The highest BCUT2D eigenvalue weighted by Gasteiger charge is 2.31.